The van der Waals surface area contributed by atoms with E-state index < -0.39 is 0 Å². The van der Waals surface area contributed by atoms with Crippen molar-refractivity contribution in [2.75, 3.05) is 7.05 Å². The Morgan fingerprint density at radius 3 is 1.71 bits per heavy atom. The van der Waals surface area contributed by atoms with Crippen molar-refractivity contribution in [2.45, 2.75) is 57.9 Å². The quantitative estimate of drug-likeness (QED) is 0.770. The second kappa shape index (κ2) is 3.10. The van der Waals surface area contributed by atoms with Crippen LogP contribution in [0.3, 0.4) is 0 Å². The first-order valence-electron chi connectivity index (χ1n) is 7.74. The predicted octanol–water partition coefficient (Wildman–Crippen LogP) is 3.45. The fourth-order valence-electron chi connectivity index (χ4n) is 6.55. The molecule has 1 unspecified atom stereocenters. The van der Waals surface area contributed by atoms with E-state index in [2.05, 4.69) is 26.2 Å². The average molecular weight is 233 g/mol. The standard InChI is InChI=1S/C16H27N/c1-15(2)9-16(15,17-3)14-12-5-10-4-11(7-12)8-13(14)6-10/h10-14,17H,4-9H2,1-3H3. The van der Waals surface area contributed by atoms with Gasteiger partial charge in [-0.05, 0) is 80.6 Å². The second-order valence-corrected chi connectivity index (χ2v) is 8.24. The molecule has 0 aromatic heterocycles. The van der Waals surface area contributed by atoms with Crippen LogP contribution in [0.1, 0.15) is 52.4 Å². The highest BCUT2D eigenvalue weighted by Gasteiger charge is 2.68. The summed E-state index contributed by atoms with van der Waals surface area (Å²) < 4.78 is 0. The van der Waals surface area contributed by atoms with E-state index in [1.807, 2.05) is 0 Å². The topological polar surface area (TPSA) is 12.0 Å². The maximum atomic E-state index is 3.77. The van der Waals surface area contributed by atoms with Crippen LogP contribution in [0.4, 0.5) is 0 Å². The molecular weight excluding hydrogens is 206 g/mol. The van der Waals surface area contributed by atoms with E-state index in [4.69, 9.17) is 0 Å². The Hall–Kier alpha value is -0.0400. The Kier molecular flexibility index (Phi) is 1.98. The van der Waals surface area contributed by atoms with E-state index in [9.17, 15) is 0 Å². The van der Waals surface area contributed by atoms with Gasteiger partial charge in [0, 0.05) is 5.54 Å². The van der Waals surface area contributed by atoms with Gasteiger partial charge in [-0.3, -0.25) is 0 Å². The van der Waals surface area contributed by atoms with Crippen LogP contribution in [-0.4, -0.2) is 12.6 Å². The maximum absolute atomic E-state index is 3.77. The average Bonchev–Trinajstić information content (AvgIpc) is 2.80. The molecule has 0 aromatic rings. The Labute approximate surface area is 106 Å². The molecule has 1 heteroatoms. The SMILES string of the molecule is CNC1(C2C3CC4CC(C3)CC2C4)CC1(C)C. The molecule has 0 amide bonds. The van der Waals surface area contributed by atoms with Crippen LogP contribution in [-0.2, 0) is 0 Å². The molecule has 4 bridgehead atoms. The van der Waals surface area contributed by atoms with Gasteiger partial charge >= 0.3 is 0 Å². The molecule has 0 radical (unpaired) electrons. The highest BCUT2D eigenvalue weighted by atomic mass is 15.1. The van der Waals surface area contributed by atoms with Crippen LogP contribution < -0.4 is 5.32 Å². The maximum Gasteiger partial charge on any atom is 0.0269 e. The normalized spacial score (nSPS) is 58.4. The molecule has 0 saturated heterocycles. The molecule has 0 heterocycles. The summed E-state index contributed by atoms with van der Waals surface area (Å²) in [5, 5.41) is 3.77. The van der Waals surface area contributed by atoms with Crippen LogP contribution in [0.15, 0.2) is 0 Å². The molecule has 5 fully saturated rings. The Morgan fingerprint density at radius 2 is 1.35 bits per heavy atom. The van der Waals surface area contributed by atoms with Gasteiger partial charge in [0.25, 0.3) is 0 Å². The van der Waals surface area contributed by atoms with Crippen LogP contribution in [0, 0.1) is 35.0 Å². The number of rotatable bonds is 2. The molecule has 1 N–H and O–H groups in total. The summed E-state index contributed by atoms with van der Waals surface area (Å²) in [5.74, 6) is 5.38. The lowest BCUT2D eigenvalue weighted by Crippen LogP contribution is -2.55. The lowest BCUT2D eigenvalue weighted by Gasteiger charge is -2.57. The first-order chi connectivity index (χ1) is 8.06. The molecule has 5 aliphatic carbocycles. The molecule has 1 nitrogen and oxygen atoms in total. The van der Waals surface area contributed by atoms with Crippen molar-refractivity contribution in [1.82, 2.24) is 5.32 Å². The highest BCUT2D eigenvalue weighted by Crippen LogP contribution is 2.69. The number of hydrogen-bond donors (Lipinski definition) is 1. The summed E-state index contributed by atoms with van der Waals surface area (Å²) >= 11 is 0. The van der Waals surface area contributed by atoms with Crippen molar-refractivity contribution in [1.29, 1.82) is 0 Å². The van der Waals surface area contributed by atoms with Gasteiger partial charge in [0.2, 0.25) is 0 Å². The Morgan fingerprint density at radius 1 is 0.882 bits per heavy atom. The monoisotopic (exact) mass is 233 g/mol. The largest absolute Gasteiger partial charge is 0.313 e. The summed E-state index contributed by atoms with van der Waals surface area (Å²) in [6.45, 7) is 4.96. The lowest BCUT2D eigenvalue weighted by molar-refractivity contribution is -0.0620. The van der Waals surface area contributed by atoms with Crippen molar-refractivity contribution < 1.29 is 0 Å². The van der Waals surface area contributed by atoms with Gasteiger partial charge in [-0.1, -0.05) is 13.8 Å². The van der Waals surface area contributed by atoms with Crippen LogP contribution in [0.5, 0.6) is 0 Å². The van der Waals surface area contributed by atoms with Gasteiger partial charge in [0.05, 0.1) is 0 Å². The van der Waals surface area contributed by atoms with Gasteiger partial charge in [-0.15, -0.1) is 0 Å². The summed E-state index contributed by atoms with van der Waals surface area (Å²) in [5.41, 5.74) is 1.07. The molecular formula is C16H27N. The molecule has 5 rings (SSSR count). The second-order valence-electron chi connectivity index (χ2n) is 8.24. The van der Waals surface area contributed by atoms with E-state index in [0.29, 0.717) is 11.0 Å². The third kappa shape index (κ3) is 1.25. The summed E-state index contributed by atoms with van der Waals surface area (Å²) in [4.78, 5) is 0. The van der Waals surface area contributed by atoms with E-state index in [0.717, 1.165) is 29.6 Å². The minimum absolute atomic E-state index is 0.510. The molecule has 5 saturated carbocycles. The predicted molar refractivity (Wildman–Crippen MR) is 70.7 cm³/mol. The molecule has 1 atom stereocenters. The van der Waals surface area contributed by atoms with Crippen molar-refractivity contribution in [2.24, 2.45) is 35.0 Å². The van der Waals surface area contributed by atoms with Gasteiger partial charge in [0.1, 0.15) is 0 Å². The van der Waals surface area contributed by atoms with Crippen molar-refractivity contribution in [3.05, 3.63) is 0 Å². The first kappa shape index (κ1) is 10.8. The van der Waals surface area contributed by atoms with Crippen molar-refractivity contribution in [3.8, 4) is 0 Å². The van der Waals surface area contributed by atoms with E-state index in [-0.39, 0.29) is 0 Å². The molecule has 0 aromatic carbocycles. The molecule has 5 aliphatic rings. The fraction of sp³-hybridized carbons (Fsp3) is 1.00. The fourth-order valence-corrected chi connectivity index (χ4v) is 6.55. The van der Waals surface area contributed by atoms with Crippen LogP contribution >= 0.6 is 0 Å². The van der Waals surface area contributed by atoms with Crippen LogP contribution in [0.25, 0.3) is 0 Å². The van der Waals surface area contributed by atoms with Gasteiger partial charge in [-0.25, -0.2) is 0 Å². The Balaban J connectivity index is 1.67. The van der Waals surface area contributed by atoms with Crippen molar-refractivity contribution >= 4 is 0 Å². The molecule has 96 valence electrons. The third-order valence-corrected chi connectivity index (χ3v) is 7.05. The number of hydrogen-bond acceptors (Lipinski definition) is 1. The zero-order valence-corrected chi connectivity index (χ0v) is 11.6. The van der Waals surface area contributed by atoms with Gasteiger partial charge in [0.15, 0.2) is 0 Å². The zero-order valence-electron chi connectivity index (χ0n) is 11.6. The van der Waals surface area contributed by atoms with Gasteiger partial charge in [-0.2, -0.15) is 0 Å². The smallest absolute Gasteiger partial charge is 0.0269 e. The molecule has 0 aliphatic heterocycles. The minimum Gasteiger partial charge on any atom is -0.313 e. The third-order valence-electron chi connectivity index (χ3n) is 7.05. The summed E-state index contributed by atoms with van der Waals surface area (Å²) in [6.07, 6.45) is 9.27. The number of nitrogens with one attached hydrogen (secondary N) is 1. The van der Waals surface area contributed by atoms with E-state index >= 15 is 0 Å². The zero-order chi connectivity index (χ0) is 11.8. The summed E-state index contributed by atoms with van der Waals surface area (Å²) in [7, 11) is 2.22. The first-order valence-corrected chi connectivity index (χ1v) is 7.74. The highest BCUT2D eigenvalue weighted by molar-refractivity contribution is 5.23. The lowest BCUT2D eigenvalue weighted by atomic mass is 9.49. The van der Waals surface area contributed by atoms with Crippen molar-refractivity contribution in [3.63, 3.8) is 0 Å². The van der Waals surface area contributed by atoms with Crippen LogP contribution in [0.2, 0.25) is 0 Å². The minimum atomic E-state index is 0.510. The molecule has 17 heavy (non-hydrogen) atoms. The van der Waals surface area contributed by atoms with E-state index in [1.54, 1.807) is 32.1 Å². The summed E-state index contributed by atoms with van der Waals surface area (Å²) in [6, 6.07) is 0. The Bertz CT molecular complexity index is 317. The molecule has 0 spiro atoms. The van der Waals surface area contributed by atoms with E-state index in [1.165, 1.54) is 6.42 Å². The van der Waals surface area contributed by atoms with Gasteiger partial charge < -0.3 is 5.32 Å².